The van der Waals surface area contributed by atoms with Crippen LogP contribution in [0.25, 0.3) is 0 Å². The molecule has 2 rings (SSSR count). The van der Waals surface area contributed by atoms with E-state index in [9.17, 15) is 9.59 Å². The molecule has 132 valence electrons. The van der Waals surface area contributed by atoms with E-state index < -0.39 is 18.0 Å². The number of carbonyl (C=O) groups is 2. The van der Waals surface area contributed by atoms with Gasteiger partial charge in [-0.1, -0.05) is 23.2 Å². The van der Waals surface area contributed by atoms with E-state index in [4.69, 9.17) is 32.7 Å². The van der Waals surface area contributed by atoms with Crippen LogP contribution < -0.4 is 10.1 Å². The number of halogens is 2. The molecule has 0 bridgehead atoms. The lowest BCUT2D eigenvalue weighted by molar-refractivity contribution is -0.123. The van der Waals surface area contributed by atoms with Crippen molar-refractivity contribution < 1.29 is 19.1 Å². The molecule has 0 radical (unpaired) electrons. The SMILES string of the molecule is COc1cc(Cl)c(C)cc1NC(=O)[C@@H](C)OC(=O)c1cc(Cl)ccn1. The summed E-state index contributed by atoms with van der Waals surface area (Å²) < 4.78 is 10.3. The van der Waals surface area contributed by atoms with E-state index in [2.05, 4.69) is 10.3 Å². The zero-order valence-electron chi connectivity index (χ0n) is 13.8. The van der Waals surface area contributed by atoms with Crippen molar-refractivity contribution in [2.75, 3.05) is 12.4 Å². The van der Waals surface area contributed by atoms with Crippen molar-refractivity contribution in [3.05, 3.63) is 51.8 Å². The van der Waals surface area contributed by atoms with E-state index in [0.29, 0.717) is 21.5 Å². The molecule has 8 heteroatoms. The minimum absolute atomic E-state index is 0.0204. The van der Waals surface area contributed by atoms with Crippen LogP contribution in [0.1, 0.15) is 23.0 Å². The molecule has 2 aromatic rings. The van der Waals surface area contributed by atoms with Crippen LogP contribution in [0.15, 0.2) is 30.5 Å². The first-order valence-corrected chi connectivity index (χ1v) is 8.05. The molecular weight excluding hydrogens is 367 g/mol. The average molecular weight is 383 g/mol. The molecule has 1 amide bonds. The number of methoxy groups -OCH3 is 1. The Morgan fingerprint density at radius 3 is 2.60 bits per heavy atom. The third-order valence-electron chi connectivity index (χ3n) is 3.32. The number of esters is 1. The molecule has 1 atom stereocenters. The summed E-state index contributed by atoms with van der Waals surface area (Å²) in [7, 11) is 1.46. The first-order valence-electron chi connectivity index (χ1n) is 7.29. The summed E-state index contributed by atoms with van der Waals surface area (Å²) in [6.07, 6.45) is 0.333. The number of ether oxygens (including phenoxy) is 2. The third kappa shape index (κ3) is 4.84. The average Bonchev–Trinajstić information content (AvgIpc) is 2.57. The van der Waals surface area contributed by atoms with Crippen molar-refractivity contribution in [2.45, 2.75) is 20.0 Å². The first-order chi connectivity index (χ1) is 11.8. The van der Waals surface area contributed by atoms with E-state index >= 15 is 0 Å². The molecule has 25 heavy (non-hydrogen) atoms. The Hall–Kier alpha value is -2.31. The molecule has 1 heterocycles. The molecule has 0 unspecified atom stereocenters. The van der Waals surface area contributed by atoms with Crippen molar-refractivity contribution in [2.24, 2.45) is 0 Å². The number of aromatic nitrogens is 1. The molecular formula is C17H16Cl2N2O4. The second kappa shape index (κ2) is 8.18. The highest BCUT2D eigenvalue weighted by Gasteiger charge is 2.21. The van der Waals surface area contributed by atoms with Crippen molar-refractivity contribution in [3.63, 3.8) is 0 Å². The van der Waals surface area contributed by atoms with Crippen LogP contribution in [0, 0.1) is 6.92 Å². The fourth-order valence-corrected chi connectivity index (χ4v) is 2.27. The molecule has 1 aromatic carbocycles. The molecule has 1 N–H and O–H groups in total. The molecule has 0 saturated heterocycles. The minimum Gasteiger partial charge on any atom is -0.495 e. The number of hydrogen-bond donors (Lipinski definition) is 1. The second-order valence-corrected chi connectivity index (χ2v) is 6.04. The predicted molar refractivity (Wildman–Crippen MR) is 95.5 cm³/mol. The number of carbonyl (C=O) groups excluding carboxylic acids is 2. The van der Waals surface area contributed by atoms with Gasteiger partial charge in [-0.2, -0.15) is 0 Å². The van der Waals surface area contributed by atoms with Gasteiger partial charge in [0.25, 0.3) is 5.91 Å². The Morgan fingerprint density at radius 2 is 1.96 bits per heavy atom. The monoisotopic (exact) mass is 382 g/mol. The number of amides is 1. The number of nitrogens with zero attached hydrogens (tertiary/aromatic N) is 1. The van der Waals surface area contributed by atoms with E-state index in [1.165, 1.54) is 32.4 Å². The van der Waals surface area contributed by atoms with Gasteiger partial charge in [0.15, 0.2) is 6.10 Å². The maximum Gasteiger partial charge on any atom is 0.357 e. The standard InChI is InChI=1S/C17H16Cl2N2O4/c1-9-6-13(15(24-3)8-12(9)19)21-16(22)10(2)25-17(23)14-7-11(18)4-5-20-14/h4-8,10H,1-3H3,(H,21,22)/t10-/m1/s1. The number of benzene rings is 1. The van der Waals surface area contributed by atoms with Crippen LogP contribution in [0.3, 0.4) is 0 Å². The summed E-state index contributed by atoms with van der Waals surface area (Å²) in [6.45, 7) is 3.25. The minimum atomic E-state index is -1.05. The van der Waals surface area contributed by atoms with Gasteiger partial charge >= 0.3 is 5.97 Å². The fraction of sp³-hybridized carbons (Fsp3) is 0.235. The summed E-state index contributed by atoms with van der Waals surface area (Å²) in [5.41, 5.74) is 1.22. The molecule has 0 spiro atoms. The van der Waals surface area contributed by atoms with Crippen molar-refractivity contribution in [1.29, 1.82) is 0 Å². The summed E-state index contributed by atoms with van der Waals surface area (Å²) in [5, 5.41) is 3.51. The quantitative estimate of drug-likeness (QED) is 0.793. The number of pyridine rings is 1. The summed E-state index contributed by atoms with van der Waals surface area (Å²) in [4.78, 5) is 28.2. The van der Waals surface area contributed by atoms with E-state index in [0.717, 1.165) is 5.56 Å². The molecule has 0 aliphatic rings. The number of hydrogen-bond acceptors (Lipinski definition) is 5. The van der Waals surface area contributed by atoms with Gasteiger partial charge in [-0.05, 0) is 37.6 Å². The lowest BCUT2D eigenvalue weighted by atomic mass is 10.2. The normalized spacial score (nSPS) is 11.6. The Labute approximate surface area is 155 Å². The summed E-state index contributed by atoms with van der Waals surface area (Å²) in [6, 6.07) is 6.16. The van der Waals surface area contributed by atoms with Crippen LogP contribution in [0.2, 0.25) is 10.0 Å². The van der Waals surface area contributed by atoms with Gasteiger partial charge in [0, 0.05) is 22.3 Å². The van der Waals surface area contributed by atoms with Gasteiger partial charge in [0.2, 0.25) is 0 Å². The maximum absolute atomic E-state index is 12.3. The molecule has 0 aliphatic heterocycles. The Balaban J connectivity index is 2.08. The van der Waals surface area contributed by atoms with Crippen LogP contribution in [0.5, 0.6) is 5.75 Å². The molecule has 0 fully saturated rings. The lowest BCUT2D eigenvalue weighted by Crippen LogP contribution is -2.30. The molecule has 0 aliphatic carbocycles. The topological polar surface area (TPSA) is 77.5 Å². The van der Waals surface area contributed by atoms with Gasteiger partial charge in [-0.25, -0.2) is 9.78 Å². The lowest BCUT2D eigenvalue weighted by Gasteiger charge is -2.16. The van der Waals surface area contributed by atoms with E-state index in [1.54, 1.807) is 19.1 Å². The Bertz CT molecular complexity index is 811. The Kier molecular flexibility index (Phi) is 6.22. The van der Waals surface area contributed by atoms with Crippen LogP contribution in [-0.4, -0.2) is 30.1 Å². The van der Waals surface area contributed by atoms with Gasteiger partial charge in [-0.3, -0.25) is 4.79 Å². The molecule has 6 nitrogen and oxygen atoms in total. The largest absolute Gasteiger partial charge is 0.495 e. The summed E-state index contributed by atoms with van der Waals surface area (Å²) >= 11 is 11.8. The number of nitrogens with one attached hydrogen (secondary N) is 1. The van der Waals surface area contributed by atoms with Gasteiger partial charge in [0.05, 0.1) is 12.8 Å². The highest BCUT2D eigenvalue weighted by atomic mass is 35.5. The van der Waals surface area contributed by atoms with E-state index in [1.807, 2.05) is 0 Å². The number of aryl methyl sites for hydroxylation is 1. The number of anilines is 1. The van der Waals surface area contributed by atoms with Gasteiger partial charge in [0.1, 0.15) is 11.4 Å². The molecule has 0 saturated carbocycles. The van der Waals surface area contributed by atoms with Crippen molar-refractivity contribution >= 4 is 40.8 Å². The van der Waals surface area contributed by atoms with Crippen molar-refractivity contribution in [3.8, 4) is 5.75 Å². The van der Waals surface area contributed by atoms with Gasteiger partial charge < -0.3 is 14.8 Å². The predicted octanol–water partition coefficient (Wildman–Crippen LogP) is 3.89. The highest BCUT2D eigenvalue weighted by molar-refractivity contribution is 6.31. The fourth-order valence-electron chi connectivity index (χ4n) is 1.96. The Morgan fingerprint density at radius 1 is 1.24 bits per heavy atom. The maximum atomic E-state index is 12.3. The van der Waals surface area contributed by atoms with E-state index in [-0.39, 0.29) is 5.69 Å². The first kappa shape index (κ1) is 19.0. The third-order valence-corrected chi connectivity index (χ3v) is 3.97. The second-order valence-electron chi connectivity index (χ2n) is 5.20. The van der Waals surface area contributed by atoms with Crippen molar-refractivity contribution in [1.82, 2.24) is 4.98 Å². The zero-order valence-corrected chi connectivity index (χ0v) is 15.3. The molecule has 1 aromatic heterocycles. The smallest absolute Gasteiger partial charge is 0.357 e. The summed E-state index contributed by atoms with van der Waals surface area (Å²) in [5.74, 6) is -0.862. The van der Waals surface area contributed by atoms with Gasteiger partial charge in [-0.15, -0.1) is 0 Å². The van der Waals surface area contributed by atoms with Crippen LogP contribution >= 0.6 is 23.2 Å². The van der Waals surface area contributed by atoms with Crippen LogP contribution in [-0.2, 0) is 9.53 Å². The van der Waals surface area contributed by atoms with Crippen LogP contribution in [0.4, 0.5) is 5.69 Å². The number of rotatable bonds is 5. The zero-order chi connectivity index (χ0) is 18.6. The highest BCUT2D eigenvalue weighted by Crippen LogP contribution is 2.31.